The summed E-state index contributed by atoms with van der Waals surface area (Å²) in [7, 11) is 0. The van der Waals surface area contributed by atoms with E-state index >= 15 is 0 Å². The molecule has 0 radical (unpaired) electrons. The summed E-state index contributed by atoms with van der Waals surface area (Å²) in [5.41, 5.74) is 3.15. The predicted molar refractivity (Wildman–Crippen MR) is 66.6 cm³/mol. The molecule has 3 heteroatoms. The van der Waals surface area contributed by atoms with Crippen LogP contribution in [0.4, 0.5) is 5.69 Å². The Balaban J connectivity index is 2.32. The van der Waals surface area contributed by atoms with E-state index < -0.39 is 0 Å². The van der Waals surface area contributed by atoms with Crippen LogP contribution in [0, 0.1) is 6.92 Å². The highest BCUT2D eigenvalue weighted by Gasteiger charge is 2.07. The van der Waals surface area contributed by atoms with Gasteiger partial charge in [0.2, 0.25) is 5.91 Å². The van der Waals surface area contributed by atoms with Gasteiger partial charge in [-0.2, -0.15) is 0 Å². The van der Waals surface area contributed by atoms with Gasteiger partial charge in [0.15, 0.2) is 0 Å². The standard InChI is InChI=1S/C13H16N2O/c1-3-5-12(16)15-11-8-14-13-9(2)6-4-7-10(11)13/h4,6-8,14H,3,5H2,1-2H3,(H,15,16). The molecular formula is C13H16N2O. The van der Waals surface area contributed by atoms with Gasteiger partial charge in [-0.05, 0) is 18.9 Å². The first kappa shape index (κ1) is 10.7. The summed E-state index contributed by atoms with van der Waals surface area (Å²) in [5, 5.41) is 4.00. The third-order valence-electron chi connectivity index (χ3n) is 2.67. The molecule has 0 unspecified atom stereocenters. The summed E-state index contributed by atoms with van der Waals surface area (Å²) in [6.07, 6.45) is 3.29. The number of fused-ring (bicyclic) bond motifs is 1. The van der Waals surface area contributed by atoms with Crippen LogP contribution in [0.5, 0.6) is 0 Å². The molecule has 2 N–H and O–H groups in total. The van der Waals surface area contributed by atoms with Crippen molar-refractivity contribution in [3.63, 3.8) is 0 Å². The molecule has 2 aromatic rings. The zero-order valence-corrected chi connectivity index (χ0v) is 9.63. The Kier molecular flexibility index (Phi) is 2.95. The Morgan fingerprint density at radius 3 is 3.00 bits per heavy atom. The maximum Gasteiger partial charge on any atom is 0.224 e. The van der Waals surface area contributed by atoms with Crippen LogP contribution in [0.2, 0.25) is 0 Å². The summed E-state index contributed by atoms with van der Waals surface area (Å²) in [5.74, 6) is 0.0740. The zero-order valence-electron chi connectivity index (χ0n) is 9.63. The van der Waals surface area contributed by atoms with Gasteiger partial charge in [0.1, 0.15) is 0 Å². The quantitative estimate of drug-likeness (QED) is 0.813. The molecule has 0 bridgehead atoms. The van der Waals surface area contributed by atoms with Gasteiger partial charge in [0, 0.05) is 18.0 Å². The highest BCUT2D eigenvalue weighted by atomic mass is 16.1. The van der Waals surface area contributed by atoms with Crippen LogP contribution in [-0.2, 0) is 4.79 Å². The van der Waals surface area contributed by atoms with Crippen molar-refractivity contribution in [1.29, 1.82) is 0 Å². The lowest BCUT2D eigenvalue weighted by atomic mass is 10.1. The molecule has 84 valence electrons. The second-order valence-electron chi connectivity index (χ2n) is 4.00. The van der Waals surface area contributed by atoms with Crippen molar-refractivity contribution in [1.82, 2.24) is 4.98 Å². The maximum absolute atomic E-state index is 11.5. The molecule has 1 aromatic heterocycles. The number of nitrogens with one attached hydrogen (secondary N) is 2. The fourth-order valence-electron chi connectivity index (χ4n) is 1.85. The molecule has 0 saturated carbocycles. The number of aromatic nitrogens is 1. The van der Waals surface area contributed by atoms with E-state index in [-0.39, 0.29) is 5.91 Å². The number of benzene rings is 1. The molecular weight excluding hydrogens is 200 g/mol. The molecule has 16 heavy (non-hydrogen) atoms. The number of hydrogen-bond donors (Lipinski definition) is 2. The molecule has 2 rings (SSSR count). The lowest BCUT2D eigenvalue weighted by Gasteiger charge is -2.02. The summed E-state index contributed by atoms with van der Waals surface area (Å²) < 4.78 is 0. The van der Waals surface area contributed by atoms with Crippen LogP contribution < -0.4 is 5.32 Å². The van der Waals surface area contributed by atoms with E-state index in [9.17, 15) is 4.79 Å². The van der Waals surface area contributed by atoms with Gasteiger partial charge in [0.25, 0.3) is 0 Å². The number of carbonyl (C=O) groups is 1. The van der Waals surface area contributed by atoms with Crippen molar-refractivity contribution in [3.05, 3.63) is 30.0 Å². The van der Waals surface area contributed by atoms with Crippen LogP contribution in [0.25, 0.3) is 10.9 Å². The number of para-hydroxylation sites is 1. The highest BCUT2D eigenvalue weighted by Crippen LogP contribution is 2.25. The fraction of sp³-hybridized carbons (Fsp3) is 0.308. The molecule has 1 amide bonds. The summed E-state index contributed by atoms with van der Waals surface area (Å²) in [4.78, 5) is 14.7. The predicted octanol–water partition coefficient (Wildman–Crippen LogP) is 3.21. The van der Waals surface area contributed by atoms with Gasteiger partial charge in [-0.1, -0.05) is 25.1 Å². The minimum Gasteiger partial charge on any atom is -0.359 e. The molecule has 0 spiro atoms. The van der Waals surface area contributed by atoms with E-state index in [1.807, 2.05) is 25.3 Å². The molecule has 0 aliphatic carbocycles. The van der Waals surface area contributed by atoms with Crippen molar-refractivity contribution < 1.29 is 4.79 Å². The van der Waals surface area contributed by atoms with E-state index in [1.165, 1.54) is 5.56 Å². The number of H-pyrrole nitrogens is 1. The smallest absolute Gasteiger partial charge is 0.224 e. The van der Waals surface area contributed by atoms with Gasteiger partial charge < -0.3 is 10.3 Å². The molecule has 1 heterocycles. The van der Waals surface area contributed by atoms with E-state index in [0.29, 0.717) is 6.42 Å². The van der Waals surface area contributed by atoms with E-state index in [1.54, 1.807) is 0 Å². The van der Waals surface area contributed by atoms with Crippen molar-refractivity contribution in [2.45, 2.75) is 26.7 Å². The van der Waals surface area contributed by atoms with E-state index in [2.05, 4.69) is 23.3 Å². The number of hydrogen-bond acceptors (Lipinski definition) is 1. The summed E-state index contributed by atoms with van der Waals surface area (Å²) in [6, 6.07) is 6.07. The van der Waals surface area contributed by atoms with Crippen LogP contribution in [-0.4, -0.2) is 10.9 Å². The Labute approximate surface area is 94.9 Å². The second-order valence-corrected chi connectivity index (χ2v) is 4.00. The number of rotatable bonds is 3. The number of aromatic amines is 1. The largest absolute Gasteiger partial charge is 0.359 e. The Hall–Kier alpha value is -1.77. The van der Waals surface area contributed by atoms with Gasteiger partial charge in [-0.25, -0.2) is 0 Å². The maximum atomic E-state index is 11.5. The Morgan fingerprint density at radius 2 is 2.25 bits per heavy atom. The summed E-state index contributed by atoms with van der Waals surface area (Å²) in [6.45, 7) is 4.05. The highest BCUT2D eigenvalue weighted by molar-refractivity contribution is 6.02. The fourth-order valence-corrected chi connectivity index (χ4v) is 1.85. The van der Waals surface area contributed by atoms with Crippen molar-refractivity contribution in [3.8, 4) is 0 Å². The molecule has 1 aromatic carbocycles. The topological polar surface area (TPSA) is 44.9 Å². The molecule has 0 saturated heterocycles. The lowest BCUT2D eigenvalue weighted by molar-refractivity contribution is -0.116. The number of carbonyl (C=O) groups excluding carboxylic acids is 1. The third kappa shape index (κ3) is 1.94. The van der Waals surface area contributed by atoms with Crippen LogP contribution >= 0.6 is 0 Å². The van der Waals surface area contributed by atoms with E-state index in [4.69, 9.17) is 0 Å². The van der Waals surface area contributed by atoms with Gasteiger partial charge >= 0.3 is 0 Å². The summed E-state index contributed by atoms with van der Waals surface area (Å²) >= 11 is 0. The second kappa shape index (κ2) is 4.39. The first-order chi connectivity index (χ1) is 7.72. The Bertz CT molecular complexity index is 514. The molecule has 0 aliphatic rings. The monoisotopic (exact) mass is 216 g/mol. The number of amides is 1. The van der Waals surface area contributed by atoms with Crippen molar-refractivity contribution >= 4 is 22.5 Å². The van der Waals surface area contributed by atoms with Crippen LogP contribution in [0.1, 0.15) is 25.3 Å². The average Bonchev–Trinajstić information content (AvgIpc) is 2.64. The normalized spacial score (nSPS) is 10.6. The Morgan fingerprint density at radius 1 is 1.44 bits per heavy atom. The lowest BCUT2D eigenvalue weighted by Crippen LogP contribution is -2.09. The van der Waals surface area contributed by atoms with Gasteiger partial charge in [-0.3, -0.25) is 4.79 Å². The average molecular weight is 216 g/mol. The van der Waals surface area contributed by atoms with Crippen LogP contribution in [0.3, 0.4) is 0 Å². The molecule has 3 nitrogen and oxygen atoms in total. The number of anilines is 1. The minimum absolute atomic E-state index is 0.0740. The first-order valence-electron chi connectivity index (χ1n) is 5.59. The molecule has 0 atom stereocenters. The number of aryl methyl sites for hydroxylation is 1. The van der Waals surface area contributed by atoms with Gasteiger partial charge in [0.05, 0.1) is 11.2 Å². The molecule has 0 fully saturated rings. The molecule has 0 aliphatic heterocycles. The van der Waals surface area contributed by atoms with Crippen molar-refractivity contribution in [2.75, 3.05) is 5.32 Å². The van der Waals surface area contributed by atoms with E-state index in [0.717, 1.165) is 23.0 Å². The van der Waals surface area contributed by atoms with Crippen LogP contribution in [0.15, 0.2) is 24.4 Å². The van der Waals surface area contributed by atoms with Gasteiger partial charge in [-0.15, -0.1) is 0 Å². The first-order valence-corrected chi connectivity index (χ1v) is 5.59. The third-order valence-corrected chi connectivity index (χ3v) is 2.67. The minimum atomic E-state index is 0.0740. The zero-order chi connectivity index (χ0) is 11.5. The SMILES string of the molecule is CCCC(=O)Nc1c[nH]c2c(C)cccc12. The van der Waals surface area contributed by atoms with Crippen molar-refractivity contribution in [2.24, 2.45) is 0 Å².